The van der Waals surface area contributed by atoms with Crippen LogP contribution < -0.4 is 59.2 Å². The van der Waals surface area contributed by atoms with Crippen LogP contribution in [0.5, 0.6) is 5.75 Å². The summed E-state index contributed by atoms with van der Waals surface area (Å²) in [6.45, 7) is 3.57. The lowest BCUT2D eigenvalue weighted by Gasteiger charge is -2.31. The van der Waals surface area contributed by atoms with Gasteiger partial charge in [0.15, 0.2) is 0 Å². The molecule has 2 aliphatic rings. The molecule has 11 amide bonds. The number of primary amides is 3. The van der Waals surface area contributed by atoms with Crippen molar-refractivity contribution in [2.45, 2.75) is 134 Å². The van der Waals surface area contributed by atoms with Gasteiger partial charge in [-0.05, 0) is 67.4 Å². The van der Waals surface area contributed by atoms with Gasteiger partial charge in [0.25, 0.3) is 0 Å². The molecule has 0 aromatic heterocycles. The van der Waals surface area contributed by atoms with Gasteiger partial charge in [-0.15, -0.1) is 0 Å². The van der Waals surface area contributed by atoms with Crippen LogP contribution in [0.3, 0.4) is 0 Å². The van der Waals surface area contributed by atoms with Crippen molar-refractivity contribution in [3.05, 3.63) is 29.8 Å². The van der Waals surface area contributed by atoms with Gasteiger partial charge < -0.3 is 64.1 Å². The van der Waals surface area contributed by atoms with E-state index < -0.39 is 164 Å². The predicted octanol–water partition coefficient (Wildman–Crippen LogP) is -2.50. The highest BCUT2D eigenvalue weighted by atomic mass is 32.2. The summed E-state index contributed by atoms with van der Waals surface area (Å²) < 4.78 is 32.2. The average Bonchev–Trinajstić information content (AvgIpc) is 3.57. The summed E-state index contributed by atoms with van der Waals surface area (Å²) in [5.74, 6) is -11.4. The minimum absolute atomic E-state index is 0.00436. The third kappa shape index (κ3) is 18.9. The summed E-state index contributed by atoms with van der Waals surface area (Å²) in [5.41, 5.74) is 16.7. The number of amides is 11. The van der Waals surface area contributed by atoms with Gasteiger partial charge in [0.2, 0.25) is 65.0 Å². The molecule has 69 heavy (non-hydrogen) atoms. The number of ether oxygens (including phenoxy) is 1. The fourth-order valence-corrected chi connectivity index (χ4v) is 8.21. The van der Waals surface area contributed by atoms with E-state index in [-0.39, 0.29) is 37.4 Å². The number of benzene rings is 1. The van der Waals surface area contributed by atoms with Gasteiger partial charge in [-0.2, -0.15) is 11.8 Å². The maximum Gasteiger partial charge on any atom is 0.246 e. The Morgan fingerprint density at radius 3 is 2.12 bits per heavy atom. The number of hydrogen-bond donors (Lipinski definition) is 10. The molecule has 0 radical (unpaired) electrons. The first kappa shape index (κ1) is 51.9. The fraction of sp³-hybridized carbons (Fsp3) is 0.622. The number of nitrogens with zero attached hydrogens (tertiary/aromatic N) is 1. The maximum atomic E-state index is 14.7. The minimum atomic E-state index is -2.73. The zero-order chi connectivity index (χ0) is 54.1. The summed E-state index contributed by atoms with van der Waals surface area (Å²) >= 11 is 1.00. The smallest absolute Gasteiger partial charge is 0.246 e. The third-order valence-corrected chi connectivity index (χ3v) is 12.3. The highest BCUT2D eigenvalue weighted by Crippen LogP contribution is 2.22. The minimum Gasteiger partial charge on any atom is -0.497 e. The molecular formula is C45H69N11O12S. The number of thioether (sulfide) groups is 1. The van der Waals surface area contributed by atoms with E-state index in [1.165, 1.54) is 7.11 Å². The molecule has 2 heterocycles. The number of carbonyl (C=O) groups is 11. The number of methoxy groups -OCH3 is 1. The molecular weight excluding hydrogens is 919 g/mol. The zero-order valence-electron chi connectivity index (χ0n) is 42.6. The molecule has 382 valence electrons. The molecule has 8 unspecified atom stereocenters. The molecule has 24 heteroatoms. The van der Waals surface area contributed by atoms with Crippen LogP contribution in [0.2, 0.25) is 0 Å². The molecule has 2 fully saturated rings. The van der Waals surface area contributed by atoms with Crippen molar-refractivity contribution >= 4 is 76.7 Å². The lowest BCUT2D eigenvalue weighted by molar-refractivity contribution is -0.142. The van der Waals surface area contributed by atoms with Gasteiger partial charge in [-0.1, -0.05) is 46.2 Å². The van der Waals surface area contributed by atoms with E-state index in [4.69, 9.17) is 24.7 Å². The lowest BCUT2D eigenvalue weighted by Crippen LogP contribution is -2.61. The first-order valence-electron chi connectivity index (χ1n) is 24.2. The van der Waals surface area contributed by atoms with Crippen LogP contribution in [0.4, 0.5) is 0 Å². The number of rotatable bonds is 18. The summed E-state index contributed by atoms with van der Waals surface area (Å²) in [4.78, 5) is 148. The Morgan fingerprint density at radius 1 is 0.855 bits per heavy atom. The molecule has 3 rings (SSSR count). The van der Waals surface area contributed by atoms with Crippen molar-refractivity contribution in [3.8, 4) is 5.75 Å². The molecule has 13 N–H and O–H groups in total. The first-order valence-corrected chi connectivity index (χ1v) is 23.9. The highest BCUT2D eigenvalue weighted by molar-refractivity contribution is 7.99. The van der Waals surface area contributed by atoms with Crippen LogP contribution in [0.1, 0.15) is 95.2 Å². The van der Waals surface area contributed by atoms with E-state index in [0.717, 1.165) is 11.8 Å². The van der Waals surface area contributed by atoms with Crippen molar-refractivity contribution in [3.63, 3.8) is 0 Å². The maximum absolute atomic E-state index is 14.7. The number of hydrogen-bond acceptors (Lipinski definition) is 13. The van der Waals surface area contributed by atoms with Crippen LogP contribution >= 0.6 is 11.8 Å². The first-order chi connectivity index (χ1) is 33.7. The van der Waals surface area contributed by atoms with Crippen molar-refractivity contribution in [1.82, 2.24) is 42.1 Å². The van der Waals surface area contributed by atoms with Gasteiger partial charge in [0.1, 0.15) is 48.0 Å². The van der Waals surface area contributed by atoms with Gasteiger partial charge in [0, 0.05) is 34.3 Å². The van der Waals surface area contributed by atoms with Crippen LogP contribution in [0.15, 0.2) is 24.3 Å². The monoisotopic (exact) mass is 991 g/mol. The highest BCUT2D eigenvalue weighted by Gasteiger charge is 2.40. The molecule has 1 aromatic rings. The molecule has 0 saturated carbocycles. The Balaban J connectivity index is 2.11. The van der Waals surface area contributed by atoms with Crippen LogP contribution in [0, 0.1) is 11.8 Å². The normalized spacial score (nSPS) is 25.6. The molecule has 0 bridgehead atoms. The van der Waals surface area contributed by atoms with E-state index in [0.29, 0.717) is 22.6 Å². The van der Waals surface area contributed by atoms with E-state index in [2.05, 4.69) is 37.2 Å². The van der Waals surface area contributed by atoms with Crippen LogP contribution in [0.25, 0.3) is 0 Å². The molecule has 2 aliphatic heterocycles. The summed E-state index contributed by atoms with van der Waals surface area (Å²) in [7, 11) is 1.48. The van der Waals surface area contributed by atoms with E-state index >= 15 is 0 Å². The Labute approximate surface area is 410 Å². The Morgan fingerprint density at radius 2 is 1.51 bits per heavy atom. The van der Waals surface area contributed by atoms with Gasteiger partial charge in [-0.25, -0.2) is 0 Å². The Kier molecular flexibility index (Phi) is 21.2. The molecule has 0 aliphatic carbocycles. The van der Waals surface area contributed by atoms with Crippen molar-refractivity contribution < 1.29 is 61.6 Å². The molecule has 23 nitrogen and oxygen atoms in total. The fourth-order valence-electron chi connectivity index (χ4n) is 7.23. The van der Waals surface area contributed by atoms with Crippen molar-refractivity contribution in [2.75, 3.05) is 31.7 Å². The van der Waals surface area contributed by atoms with E-state index in [9.17, 15) is 54.1 Å². The lowest BCUT2D eigenvalue weighted by atomic mass is 9.96. The topological polar surface area (TPSA) is 363 Å². The summed E-state index contributed by atoms with van der Waals surface area (Å²) in [6, 6.07) is -5.25. The van der Waals surface area contributed by atoms with E-state index in [1.54, 1.807) is 52.0 Å². The Hall–Kier alpha value is -6.46. The quantitative estimate of drug-likeness (QED) is 0.0728. The number of carbonyl (C=O) groups excluding carboxylic acids is 11. The summed E-state index contributed by atoms with van der Waals surface area (Å²) in [5, 5.41) is 17.4. The second-order valence-electron chi connectivity index (χ2n) is 17.2. The van der Waals surface area contributed by atoms with Gasteiger partial charge in [-0.3, -0.25) is 52.7 Å². The SMILES string of the molecule is [2H]C1([2H])CCC([2H])(C(=O)NC(CC(C)C)C(=O)NCC(N)=O)N1C(=O)C1CSCCCC(=O)NC(Cc2ccc(OC)cc2)C(=O)NC(C(C)CC)C(=O)NC(CCC(N)=O)C(=O)NC(CC(N)=O)C(=O)N1. The summed E-state index contributed by atoms with van der Waals surface area (Å²) in [6.07, 6.45) is -2.65. The van der Waals surface area contributed by atoms with Gasteiger partial charge in [0.05, 0.1) is 21.4 Å². The largest absolute Gasteiger partial charge is 0.497 e. The number of likely N-dealkylation sites (tertiary alicyclic amines) is 1. The van der Waals surface area contributed by atoms with E-state index in [1.807, 2.05) is 0 Å². The number of nitrogens with two attached hydrogens (primary N) is 3. The Bertz CT molecular complexity index is 2170. The third-order valence-electron chi connectivity index (χ3n) is 11.1. The molecule has 8 atom stereocenters. The second-order valence-corrected chi connectivity index (χ2v) is 18.3. The van der Waals surface area contributed by atoms with Crippen molar-refractivity contribution in [2.24, 2.45) is 29.0 Å². The average molecular weight is 991 g/mol. The molecule has 2 saturated heterocycles. The number of nitrogens with one attached hydrogen (secondary N) is 7. The zero-order valence-corrected chi connectivity index (χ0v) is 40.4. The molecule has 0 spiro atoms. The van der Waals surface area contributed by atoms with Crippen LogP contribution in [-0.4, -0.2) is 144 Å². The van der Waals surface area contributed by atoms with Crippen molar-refractivity contribution in [1.29, 1.82) is 0 Å². The molecule has 1 aromatic carbocycles. The van der Waals surface area contributed by atoms with Gasteiger partial charge >= 0.3 is 0 Å². The predicted molar refractivity (Wildman–Crippen MR) is 253 cm³/mol. The standard InChI is InChI=1S/C45H69N11O12S/c1-6-25(4)38-44(66)51-28(15-16-34(46)57)40(62)52-31(21-35(47)58)41(63)54-32(23-69-18-8-10-37(60)50-30(42(64)55-38)20-26-11-13-27(68-5)14-12-26)45(67)56-17-7-9-33(56)43(65)53-29(19-24(2)3)39(61)49-22-36(48)59/h11-14,24-25,28-33,38H,6-10,15-23H2,1-5H3,(H2,46,57)(H2,47,58)(H2,48,59)(H,49,61)(H,50,60)(H,51,66)(H,52,62)(H,53,65)(H,54,63)(H,55,64)/i17D2,33D. The second kappa shape index (κ2) is 28.1. The van der Waals surface area contributed by atoms with Crippen LogP contribution in [-0.2, 0) is 59.2 Å².